The molecule has 0 saturated carbocycles. The SMILES string of the molecule is Cc1cc(OCCc2ccccc2N)ccc1C#N. The number of benzene rings is 2. The van der Waals surface area contributed by atoms with Gasteiger partial charge in [-0.2, -0.15) is 5.26 Å². The fraction of sp³-hybridized carbons (Fsp3) is 0.188. The molecule has 0 spiro atoms. The Labute approximate surface area is 113 Å². The molecule has 0 aliphatic carbocycles. The van der Waals surface area contributed by atoms with Gasteiger partial charge in [0.05, 0.1) is 18.2 Å². The molecule has 0 amide bonds. The summed E-state index contributed by atoms with van der Waals surface area (Å²) >= 11 is 0. The van der Waals surface area contributed by atoms with E-state index >= 15 is 0 Å². The van der Waals surface area contributed by atoms with Crippen LogP contribution in [-0.2, 0) is 6.42 Å². The van der Waals surface area contributed by atoms with Crippen LogP contribution in [-0.4, -0.2) is 6.61 Å². The van der Waals surface area contributed by atoms with Crippen LogP contribution in [0.15, 0.2) is 42.5 Å². The van der Waals surface area contributed by atoms with Crippen LogP contribution in [0.25, 0.3) is 0 Å². The third kappa shape index (κ3) is 3.26. The summed E-state index contributed by atoms with van der Waals surface area (Å²) in [5.74, 6) is 0.783. The summed E-state index contributed by atoms with van der Waals surface area (Å²) in [6, 6.07) is 15.4. The summed E-state index contributed by atoms with van der Waals surface area (Å²) < 4.78 is 5.68. The Hall–Kier alpha value is -2.47. The molecule has 0 aliphatic rings. The van der Waals surface area contributed by atoms with E-state index in [9.17, 15) is 0 Å². The van der Waals surface area contributed by atoms with Gasteiger partial charge in [-0.1, -0.05) is 18.2 Å². The Kier molecular flexibility index (Phi) is 4.04. The fourth-order valence-electron chi connectivity index (χ4n) is 1.89. The smallest absolute Gasteiger partial charge is 0.119 e. The summed E-state index contributed by atoms with van der Waals surface area (Å²) in [7, 11) is 0. The Bertz CT molecular complexity index is 614. The second-order valence-electron chi connectivity index (χ2n) is 4.39. The number of hydrogen-bond acceptors (Lipinski definition) is 3. The number of nitriles is 1. The van der Waals surface area contributed by atoms with E-state index in [-0.39, 0.29) is 0 Å². The molecule has 0 atom stereocenters. The quantitative estimate of drug-likeness (QED) is 0.851. The van der Waals surface area contributed by atoms with Gasteiger partial charge in [-0.3, -0.25) is 0 Å². The van der Waals surface area contributed by atoms with Crippen LogP contribution in [0.2, 0.25) is 0 Å². The highest BCUT2D eigenvalue weighted by Gasteiger charge is 2.01. The van der Waals surface area contributed by atoms with Gasteiger partial charge >= 0.3 is 0 Å². The molecule has 0 aliphatic heterocycles. The van der Waals surface area contributed by atoms with Crippen LogP contribution in [0.5, 0.6) is 5.75 Å². The summed E-state index contributed by atoms with van der Waals surface area (Å²) in [6.07, 6.45) is 0.770. The number of nitrogens with zero attached hydrogens (tertiary/aromatic N) is 1. The Morgan fingerprint density at radius 2 is 2.00 bits per heavy atom. The molecule has 0 saturated heterocycles. The van der Waals surface area contributed by atoms with Crippen LogP contribution >= 0.6 is 0 Å². The maximum atomic E-state index is 8.86. The van der Waals surface area contributed by atoms with Crippen molar-refractivity contribution in [1.82, 2.24) is 0 Å². The third-order valence-electron chi connectivity index (χ3n) is 3.01. The monoisotopic (exact) mass is 252 g/mol. The average Bonchev–Trinajstić information content (AvgIpc) is 2.41. The molecule has 3 nitrogen and oxygen atoms in total. The maximum Gasteiger partial charge on any atom is 0.119 e. The molecule has 0 radical (unpaired) electrons. The average molecular weight is 252 g/mol. The summed E-state index contributed by atoms with van der Waals surface area (Å²) in [5, 5.41) is 8.86. The normalized spacial score (nSPS) is 9.89. The molecule has 96 valence electrons. The predicted octanol–water partition coefficient (Wildman–Crippen LogP) is 3.07. The van der Waals surface area contributed by atoms with Gasteiger partial charge in [-0.05, 0) is 42.3 Å². The molecule has 2 aromatic rings. The molecular formula is C16H16N2O. The van der Waals surface area contributed by atoms with Crippen molar-refractivity contribution >= 4 is 5.69 Å². The van der Waals surface area contributed by atoms with Crippen molar-refractivity contribution in [3.05, 3.63) is 59.2 Å². The molecule has 19 heavy (non-hydrogen) atoms. The minimum atomic E-state index is 0.569. The minimum absolute atomic E-state index is 0.569. The second-order valence-corrected chi connectivity index (χ2v) is 4.39. The third-order valence-corrected chi connectivity index (χ3v) is 3.01. The number of rotatable bonds is 4. The van der Waals surface area contributed by atoms with E-state index in [0.717, 1.165) is 29.0 Å². The predicted molar refractivity (Wildman–Crippen MR) is 75.9 cm³/mol. The maximum absolute atomic E-state index is 8.86. The topological polar surface area (TPSA) is 59.0 Å². The first-order chi connectivity index (χ1) is 9.20. The van der Waals surface area contributed by atoms with Crippen LogP contribution in [0.3, 0.4) is 0 Å². The highest BCUT2D eigenvalue weighted by Crippen LogP contribution is 2.17. The number of hydrogen-bond donors (Lipinski definition) is 1. The minimum Gasteiger partial charge on any atom is -0.493 e. The lowest BCUT2D eigenvalue weighted by molar-refractivity contribution is 0.322. The van der Waals surface area contributed by atoms with Crippen molar-refractivity contribution in [2.24, 2.45) is 0 Å². The molecule has 0 bridgehead atoms. The lowest BCUT2D eigenvalue weighted by Crippen LogP contribution is -2.04. The second kappa shape index (κ2) is 5.92. The number of anilines is 1. The van der Waals surface area contributed by atoms with Crippen molar-refractivity contribution in [3.63, 3.8) is 0 Å². The van der Waals surface area contributed by atoms with Gasteiger partial charge in [0, 0.05) is 12.1 Å². The first-order valence-electron chi connectivity index (χ1n) is 6.17. The number of ether oxygens (including phenoxy) is 1. The molecule has 0 fully saturated rings. The number of nitrogen functional groups attached to an aromatic ring is 1. The number of nitrogens with two attached hydrogens (primary N) is 1. The van der Waals surface area contributed by atoms with Gasteiger partial charge in [0.1, 0.15) is 5.75 Å². The van der Waals surface area contributed by atoms with Gasteiger partial charge in [-0.15, -0.1) is 0 Å². The molecule has 2 aromatic carbocycles. The molecule has 0 aromatic heterocycles. The van der Waals surface area contributed by atoms with E-state index in [1.165, 1.54) is 0 Å². The standard InChI is InChI=1S/C16H16N2O/c1-12-10-15(7-6-14(12)11-17)19-9-8-13-4-2-3-5-16(13)18/h2-7,10H,8-9,18H2,1H3. The van der Waals surface area contributed by atoms with E-state index in [4.69, 9.17) is 15.7 Å². The van der Waals surface area contributed by atoms with Gasteiger partial charge in [-0.25, -0.2) is 0 Å². The lowest BCUT2D eigenvalue weighted by Gasteiger charge is -2.09. The first kappa shape index (κ1) is 13.0. The van der Waals surface area contributed by atoms with Gasteiger partial charge in [0.2, 0.25) is 0 Å². The summed E-state index contributed by atoms with van der Waals surface area (Å²) in [5.41, 5.74) is 9.36. The molecular weight excluding hydrogens is 236 g/mol. The zero-order valence-electron chi connectivity index (χ0n) is 10.9. The molecule has 0 unspecified atom stereocenters. The first-order valence-corrected chi connectivity index (χ1v) is 6.17. The van der Waals surface area contributed by atoms with Crippen molar-refractivity contribution in [1.29, 1.82) is 5.26 Å². The van der Waals surface area contributed by atoms with E-state index in [0.29, 0.717) is 12.2 Å². The molecule has 2 N–H and O–H groups in total. The van der Waals surface area contributed by atoms with Crippen molar-refractivity contribution < 1.29 is 4.74 Å². The Morgan fingerprint density at radius 1 is 1.21 bits per heavy atom. The largest absolute Gasteiger partial charge is 0.493 e. The molecule has 2 rings (SSSR count). The van der Waals surface area contributed by atoms with Crippen molar-refractivity contribution in [3.8, 4) is 11.8 Å². The van der Waals surface area contributed by atoms with E-state index in [1.807, 2.05) is 43.3 Å². The van der Waals surface area contributed by atoms with Gasteiger partial charge in [0.25, 0.3) is 0 Å². The van der Waals surface area contributed by atoms with E-state index < -0.39 is 0 Å². The van der Waals surface area contributed by atoms with Gasteiger partial charge in [0.15, 0.2) is 0 Å². The van der Waals surface area contributed by atoms with Crippen LogP contribution in [0.4, 0.5) is 5.69 Å². The Morgan fingerprint density at radius 3 is 2.68 bits per heavy atom. The van der Waals surface area contributed by atoms with Crippen molar-refractivity contribution in [2.75, 3.05) is 12.3 Å². The summed E-state index contributed by atoms with van der Waals surface area (Å²) in [4.78, 5) is 0. The van der Waals surface area contributed by atoms with E-state index in [2.05, 4.69) is 6.07 Å². The van der Waals surface area contributed by atoms with Crippen LogP contribution < -0.4 is 10.5 Å². The lowest BCUT2D eigenvalue weighted by atomic mass is 10.1. The molecule has 0 heterocycles. The Balaban J connectivity index is 1.95. The zero-order valence-corrected chi connectivity index (χ0v) is 10.9. The number of para-hydroxylation sites is 1. The fourth-order valence-corrected chi connectivity index (χ4v) is 1.89. The van der Waals surface area contributed by atoms with E-state index in [1.54, 1.807) is 6.07 Å². The summed E-state index contributed by atoms with van der Waals surface area (Å²) in [6.45, 7) is 2.47. The molecule has 3 heteroatoms. The van der Waals surface area contributed by atoms with Crippen LogP contribution in [0.1, 0.15) is 16.7 Å². The van der Waals surface area contributed by atoms with Gasteiger partial charge < -0.3 is 10.5 Å². The highest BCUT2D eigenvalue weighted by molar-refractivity contribution is 5.46. The number of aryl methyl sites for hydroxylation is 1. The van der Waals surface area contributed by atoms with Crippen molar-refractivity contribution in [2.45, 2.75) is 13.3 Å². The van der Waals surface area contributed by atoms with Crippen LogP contribution in [0, 0.1) is 18.3 Å². The zero-order chi connectivity index (χ0) is 13.7. The highest BCUT2D eigenvalue weighted by atomic mass is 16.5.